The second-order valence-electron chi connectivity index (χ2n) is 4.65. The van der Waals surface area contributed by atoms with Crippen molar-refractivity contribution in [1.29, 1.82) is 0 Å². The first kappa shape index (κ1) is 16.3. The highest BCUT2D eigenvalue weighted by Gasteiger charge is 2.12. The fourth-order valence-corrected chi connectivity index (χ4v) is 1.28. The minimum absolute atomic E-state index is 0.0377. The smallest absolute Gasteiger partial charge is 0.329 e. The molecule has 8 nitrogen and oxygen atoms in total. The number of hydrogen-bond acceptors (Lipinski definition) is 5. The van der Waals surface area contributed by atoms with Gasteiger partial charge >= 0.3 is 11.8 Å². The van der Waals surface area contributed by atoms with Crippen LogP contribution in [0.5, 0.6) is 0 Å². The summed E-state index contributed by atoms with van der Waals surface area (Å²) in [6, 6.07) is 5.59. The van der Waals surface area contributed by atoms with Crippen LogP contribution < -0.4 is 10.7 Å². The van der Waals surface area contributed by atoms with E-state index in [-0.39, 0.29) is 11.6 Å². The van der Waals surface area contributed by atoms with Crippen molar-refractivity contribution in [3.8, 4) is 0 Å². The van der Waals surface area contributed by atoms with Crippen LogP contribution in [0.2, 0.25) is 0 Å². The largest absolute Gasteiger partial charge is 0.348 e. The summed E-state index contributed by atoms with van der Waals surface area (Å²) in [7, 11) is 0. The number of hydrogen-bond donors (Lipinski definition) is 2. The van der Waals surface area contributed by atoms with E-state index in [1.54, 1.807) is 0 Å². The van der Waals surface area contributed by atoms with Crippen molar-refractivity contribution in [1.82, 2.24) is 10.7 Å². The average Bonchev–Trinajstić information content (AvgIpc) is 2.45. The van der Waals surface area contributed by atoms with E-state index < -0.39 is 16.7 Å². The molecular weight excluding hydrogens is 276 g/mol. The van der Waals surface area contributed by atoms with Crippen molar-refractivity contribution in [3.05, 3.63) is 39.9 Å². The maximum Gasteiger partial charge on any atom is 0.329 e. The van der Waals surface area contributed by atoms with Gasteiger partial charge in [0.2, 0.25) is 0 Å². The Hall–Kier alpha value is -2.77. The minimum atomic E-state index is -0.867. The van der Waals surface area contributed by atoms with Crippen LogP contribution in [-0.4, -0.2) is 29.5 Å². The Morgan fingerprint density at radius 1 is 1.29 bits per heavy atom. The predicted octanol–water partition coefficient (Wildman–Crippen LogP) is 0.817. The zero-order valence-corrected chi connectivity index (χ0v) is 11.7. The number of nitro groups is 1. The molecule has 0 aliphatic heterocycles. The maximum absolute atomic E-state index is 11.4. The number of carbonyl (C=O) groups excluding carboxylic acids is 2. The molecule has 0 atom stereocenters. The molecule has 2 amide bonds. The molecule has 1 rings (SSSR count). The third-order valence-electron chi connectivity index (χ3n) is 2.36. The maximum atomic E-state index is 11.4. The highest BCUT2D eigenvalue weighted by molar-refractivity contribution is 6.35. The molecule has 0 saturated carbocycles. The van der Waals surface area contributed by atoms with Crippen molar-refractivity contribution in [2.75, 3.05) is 6.54 Å². The van der Waals surface area contributed by atoms with Crippen LogP contribution in [0.3, 0.4) is 0 Å². The first-order valence-corrected chi connectivity index (χ1v) is 6.26. The van der Waals surface area contributed by atoms with E-state index in [0.717, 1.165) is 0 Å². The van der Waals surface area contributed by atoms with Gasteiger partial charge < -0.3 is 5.32 Å². The van der Waals surface area contributed by atoms with Gasteiger partial charge in [-0.3, -0.25) is 19.7 Å². The standard InChI is InChI=1S/C13H16N4O4/c1-9(2)7-14-12(18)13(19)16-15-8-10-3-5-11(6-4-10)17(20)21/h3-6,8-9H,7H2,1-2H3,(H,14,18)(H,16,19)/b15-8-. The summed E-state index contributed by atoms with van der Waals surface area (Å²) in [5.41, 5.74) is 2.60. The predicted molar refractivity (Wildman–Crippen MR) is 76.7 cm³/mol. The number of rotatable bonds is 5. The van der Waals surface area contributed by atoms with Gasteiger partial charge in [-0.25, -0.2) is 5.43 Å². The zero-order valence-electron chi connectivity index (χ0n) is 11.7. The average molecular weight is 292 g/mol. The third kappa shape index (κ3) is 5.81. The van der Waals surface area contributed by atoms with Crippen LogP contribution in [-0.2, 0) is 9.59 Å². The summed E-state index contributed by atoms with van der Waals surface area (Å²) < 4.78 is 0. The molecule has 0 fully saturated rings. The van der Waals surface area contributed by atoms with E-state index in [0.29, 0.717) is 12.1 Å². The molecule has 112 valence electrons. The molecular formula is C13H16N4O4. The van der Waals surface area contributed by atoms with Crippen LogP contribution in [0.25, 0.3) is 0 Å². The van der Waals surface area contributed by atoms with E-state index in [9.17, 15) is 19.7 Å². The molecule has 0 aromatic heterocycles. The number of carbonyl (C=O) groups is 2. The molecule has 2 N–H and O–H groups in total. The number of amides is 2. The van der Waals surface area contributed by atoms with Crippen molar-refractivity contribution in [2.24, 2.45) is 11.0 Å². The number of benzene rings is 1. The molecule has 21 heavy (non-hydrogen) atoms. The normalized spacial score (nSPS) is 10.6. The lowest BCUT2D eigenvalue weighted by Gasteiger charge is -2.05. The van der Waals surface area contributed by atoms with E-state index >= 15 is 0 Å². The molecule has 0 aliphatic carbocycles. The molecule has 0 heterocycles. The van der Waals surface area contributed by atoms with Crippen molar-refractivity contribution in [2.45, 2.75) is 13.8 Å². The second kappa shape index (κ2) is 7.73. The summed E-state index contributed by atoms with van der Waals surface area (Å²) in [6.45, 7) is 4.22. The molecule has 0 aliphatic rings. The molecule has 1 aromatic rings. The number of nitrogens with zero attached hydrogens (tertiary/aromatic N) is 2. The van der Waals surface area contributed by atoms with Crippen molar-refractivity contribution >= 4 is 23.7 Å². The molecule has 8 heteroatoms. The Bertz CT molecular complexity index is 552. The van der Waals surface area contributed by atoms with Crippen LogP contribution in [0, 0.1) is 16.0 Å². The van der Waals surface area contributed by atoms with E-state index in [1.807, 2.05) is 13.8 Å². The lowest BCUT2D eigenvalue weighted by molar-refractivity contribution is -0.384. The summed E-state index contributed by atoms with van der Waals surface area (Å²) in [5.74, 6) is -1.39. The summed E-state index contributed by atoms with van der Waals surface area (Å²) in [6.07, 6.45) is 1.29. The number of nitrogens with one attached hydrogen (secondary N) is 2. The molecule has 0 unspecified atom stereocenters. The Morgan fingerprint density at radius 2 is 1.90 bits per heavy atom. The fourth-order valence-electron chi connectivity index (χ4n) is 1.28. The van der Waals surface area contributed by atoms with Gasteiger partial charge in [0.1, 0.15) is 0 Å². The number of non-ortho nitro benzene ring substituents is 1. The third-order valence-corrected chi connectivity index (χ3v) is 2.36. The molecule has 0 saturated heterocycles. The van der Waals surface area contributed by atoms with Gasteiger partial charge in [0, 0.05) is 18.7 Å². The highest BCUT2D eigenvalue weighted by Crippen LogP contribution is 2.10. The van der Waals surface area contributed by atoms with Crippen LogP contribution in [0.1, 0.15) is 19.4 Å². The van der Waals surface area contributed by atoms with Gasteiger partial charge in [-0.05, 0) is 23.6 Å². The lowest BCUT2D eigenvalue weighted by Crippen LogP contribution is -2.39. The summed E-state index contributed by atoms with van der Waals surface area (Å²) >= 11 is 0. The second-order valence-corrected chi connectivity index (χ2v) is 4.65. The quantitative estimate of drug-likeness (QED) is 0.362. The summed E-state index contributed by atoms with van der Waals surface area (Å²) in [5, 5.41) is 16.5. The van der Waals surface area contributed by atoms with Gasteiger partial charge in [-0.2, -0.15) is 5.10 Å². The van der Waals surface area contributed by atoms with Gasteiger partial charge in [0.05, 0.1) is 11.1 Å². The van der Waals surface area contributed by atoms with Crippen molar-refractivity contribution < 1.29 is 14.5 Å². The number of hydrazone groups is 1. The Morgan fingerprint density at radius 3 is 2.43 bits per heavy atom. The van der Waals surface area contributed by atoms with Crippen LogP contribution in [0.15, 0.2) is 29.4 Å². The summed E-state index contributed by atoms with van der Waals surface area (Å²) in [4.78, 5) is 32.7. The Kier molecular flexibility index (Phi) is 5.99. The first-order valence-electron chi connectivity index (χ1n) is 6.26. The Balaban J connectivity index is 2.48. The topological polar surface area (TPSA) is 114 Å². The van der Waals surface area contributed by atoms with Crippen LogP contribution in [0.4, 0.5) is 5.69 Å². The van der Waals surface area contributed by atoms with Gasteiger partial charge in [-0.1, -0.05) is 13.8 Å². The van der Waals surface area contributed by atoms with E-state index in [1.165, 1.54) is 30.5 Å². The first-order chi connectivity index (χ1) is 9.90. The van der Waals surface area contributed by atoms with Gasteiger partial charge in [0.15, 0.2) is 0 Å². The highest BCUT2D eigenvalue weighted by atomic mass is 16.6. The van der Waals surface area contributed by atoms with Crippen LogP contribution >= 0.6 is 0 Å². The monoisotopic (exact) mass is 292 g/mol. The van der Waals surface area contributed by atoms with Gasteiger partial charge in [0.25, 0.3) is 5.69 Å². The minimum Gasteiger partial charge on any atom is -0.348 e. The lowest BCUT2D eigenvalue weighted by atomic mass is 10.2. The van der Waals surface area contributed by atoms with E-state index in [4.69, 9.17) is 0 Å². The fraction of sp³-hybridized carbons (Fsp3) is 0.308. The molecule has 1 aromatic carbocycles. The SMILES string of the molecule is CC(C)CNC(=O)C(=O)N/N=C\c1ccc([N+](=O)[O-])cc1. The molecule has 0 bridgehead atoms. The van der Waals surface area contributed by atoms with Gasteiger partial charge in [-0.15, -0.1) is 0 Å². The van der Waals surface area contributed by atoms with E-state index in [2.05, 4.69) is 15.8 Å². The Labute approximate surface area is 121 Å². The number of nitro benzene ring substituents is 1. The zero-order chi connectivity index (χ0) is 15.8. The van der Waals surface area contributed by atoms with Crippen molar-refractivity contribution in [3.63, 3.8) is 0 Å². The molecule has 0 spiro atoms. The molecule has 0 radical (unpaired) electrons.